The zero-order valence-corrected chi connectivity index (χ0v) is 6.81. The molecule has 0 saturated carbocycles. The lowest BCUT2D eigenvalue weighted by atomic mass is 10.2. The van der Waals surface area contributed by atoms with Crippen LogP contribution in [0.25, 0.3) is 0 Å². The Morgan fingerprint density at radius 2 is 2.25 bits per heavy atom. The van der Waals surface area contributed by atoms with Crippen molar-refractivity contribution in [3.63, 3.8) is 0 Å². The van der Waals surface area contributed by atoms with E-state index in [9.17, 15) is 9.90 Å². The largest absolute Gasteiger partial charge is 0.546 e. The van der Waals surface area contributed by atoms with Gasteiger partial charge in [0.1, 0.15) is 6.04 Å². The van der Waals surface area contributed by atoms with E-state index in [0.29, 0.717) is 13.0 Å². The van der Waals surface area contributed by atoms with Crippen molar-refractivity contribution in [1.82, 2.24) is 5.32 Å². The molecule has 6 heteroatoms. The van der Waals surface area contributed by atoms with Crippen molar-refractivity contribution in [1.29, 1.82) is 0 Å². The maximum atomic E-state index is 10.3. The monoisotopic (exact) mass is 178 g/mol. The van der Waals surface area contributed by atoms with Gasteiger partial charge in [0.15, 0.2) is 0 Å². The van der Waals surface area contributed by atoms with Crippen LogP contribution in [0.1, 0.15) is 13.3 Å². The molecule has 1 rings (SSSR count). The number of hydrogen-bond donors (Lipinski definition) is 2. The summed E-state index contributed by atoms with van der Waals surface area (Å²) < 4.78 is 0. The smallest absolute Gasteiger partial charge is 0.239 e. The number of carbonyl (C=O) groups is 1. The molecule has 1 atom stereocenters. The lowest BCUT2D eigenvalue weighted by molar-refractivity contribution is -0.467. The summed E-state index contributed by atoms with van der Waals surface area (Å²) in [5.74, 6) is -0.221. The third kappa shape index (κ3) is 3.31. The minimum atomic E-state index is -1.03. The number of carboxylic acid groups (broad SMARTS) is 1. The van der Waals surface area contributed by atoms with Crippen molar-refractivity contribution < 1.29 is 25.8 Å². The van der Waals surface area contributed by atoms with Crippen LogP contribution in [0.4, 0.5) is 0 Å². The number of aliphatic carboxylic acids is 1. The highest BCUT2D eigenvalue weighted by Gasteiger charge is 2.18. The summed E-state index contributed by atoms with van der Waals surface area (Å²) in [4.78, 5) is 13.3. The van der Waals surface area contributed by atoms with Crippen molar-refractivity contribution in [2.75, 3.05) is 6.54 Å². The molecule has 0 bridgehead atoms. The van der Waals surface area contributed by atoms with Crippen LogP contribution in [-0.2, 0) is 4.79 Å². The molecule has 12 heavy (non-hydrogen) atoms. The van der Waals surface area contributed by atoms with Gasteiger partial charge in [0, 0.05) is 13.3 Å². The first-order valence-corrected chi connectivity index (χ1v) is 3.25. The van der Waals surface area contributed by atoms with Crippen molar-refractivity contribution in [3.05, 3.63) is 0 Å². The van der Waals surface area contributed by atoms with Crippen molar-refractivity contribution in [2.45, 2.75) is 19.4 Å². The van der Waals surface area contributed by atoms with E-state index in [2.05, 4.69) is 10.3 Å². The van der Waals surface area contributed by atoms with Gasteiger partial charge in [-0.25, -0.2) is 0 Å². The highest BCUT2D eigenvalue weighted by atomic mass is 16.4. The first-order chi connectivity index (χ1) is 4.70. The fraction of sp³-hybridized carbons (Fsp3) is 0.667. The number of carbonyl (C=O) groups excluding carboxylic acids is 1. The van der Waals surface area contributed by atoms with Crippen LogP contribution < -0.4 is 15.4 Å². The molecule has 0 amide bonds. The van der Waals surface area contributed by atoms with E-state index in [0.717, 1.165) is 5.84 Å². The Kier molecular flexibility index (Phi) is 6.17. The highest BCUT2D eigenvalue weighted by Crippen LogP contribution is 1.88. The summed E-state index contributed by atoms with van der Waals surface area (Å²) in [5.41, 5.74) is 0. The van der Waals surface area contributed by atoms with Gasteiger partial charge in [0.05, 0.1) is 12.5 Å². The van der Waals surface area contributed by atoms with E-state index >= 15 is 0 Å². The van der Waals surface area contributed by atoms with E-state index in [1.165, 1.54) is 0 Å². The maximum Gasteiger partial charge on any atom is 0.239 e. The van der Waals surface area contributed by atoms with E-state index in [1.807, 2.05) is 0 Å². The van der Waals surface area contributed by atoms with Gasteiger partial charge in [-0.05, 0) is 0 Å². The van der Waals surface area contributed by atoms with Gasteiger partial charge in [-0.2, -0.15) is 0 Å². The number of carboxylic acids is 1. The van der Waals surface area contributed by atoms with Crippen LogP contribution in [0.2, 0.25) is 0 Å². The summed E-state index contributed by atoms with van der Waals surface area (Å²) in [6, 6.07) is -0.513. The standard InChI is InChI=1S/C6H10N2O2.2H2O/c1-4-7-3-2-5(8-4)6(9)10;;/h5H,2-3H2,1H3,(H,7,8)(H,9,10);2*1H2/t5-;;/m0../s1. The van der Waals surface area contributed by atoms with Crippen LogP contribution in [0.5, 0.6) is 0 Å². The minimum absolute atomic E-state index is 0. The van der Waals surface area contributed by atoms with Gasteiger partial charge in [-0.15, -0.1) is 0 Å². The number of hydrogen-bond acceptors (Lipinski definition) is 3. The molecule has 0 fully saturated rings. The van der Waals surface area contributed by atoms with E-state index in [1.54, 1.807) is 6.92 Å². The van der Waals surface area contributed by atoms with Crippen LogP contribution >= 0.6 is 0 Å². The number of amidine groups is 1. The zero-order valence-electron chi connectivity index (χ0n) is 6.81. The molecule has 0 aromatic rings. The number of rotatable bonds is 1. The molecule has 0 radical (unpaired) electrons. The molecule has 72 valence electrons. The third-order valence-electron chi connectivity index (χ3n) is 1.50. The Morgan fingerprint density at radius 3 is 2.58 bits per heavy atom. The zero-order chi connectivity index (χ0) is 7.56. The van der Waals surface area contributed by atoms with Crippen molar-refractivity contribution in [3.8, 4) is 0 Å². The Hall–Kier alpha value is -1.14. The summed E-state index contributed by atoms with van der Waals surface area (Å²) in [6.07, 6.45) is 0.583. The van der Waals surface area contributed by atoms with Gasteiger partial charge < -0.3 is 20.9 Å². The van der Waals surface area contributed by atoms with E-state index in [-0.39, 0.29) is 11.0 Å². The lowest BCUT2D eigenvalue weighted by Crippen LogP contribution is -2.80. The van der Waals surface area contributed by atoms with Crippen LogP contribution in [0.3, 0.4) is 0 Å². The Morgan fingerprint density at radius 1 is 1.67 bits per heavy atom. The average molecular weight is 178 g/mol. The molecule has 0 saturated heterocycles. The van der Waals surface area contributed by atoms with Crippen LogP contribution in [-0.4, -0.2) is 35.3 Å². The fourth-order valence-corrected chi connectivity index (χ4v) is 0.965. The van der Waals surface area contributed by atoms with E-state index < -0.39 is 12.0 Å². The summed E-state index contributed by atoms with van der Waals surface area (Å²) in [6.45, 7) is 2.51. The van der Waals surface area contributed by atoms with Gasteiger partial charge in [0.25, 0.3) is 0 Å². The van der Waals surface area contributed by atoms with Gasteiger partial charge in [-0.1, -0.05) is 0 Å². The predicted molar refractivity (Wildman–Crippen MR) is 40.3 cm³/mol. The molecule has 6 nitrogen and oxygen atoms in total. The minimum Gasteiger partial charge on any atom is -0.546 e. The lowest BCUT2D eigenvalue weighted by Gasteiger charge is -2.17. The summed E-state index contributed by atoms with van der Waals surface area (Å²) in [7, 11) is 0. The molecular weight excluding hydrogens is 164 g/mol. The van der Waals surface area contributed by atoms with Gasteiger partial charge in [0.2, 0.25) is 5.84 Å². The Bertz CT molecular complexity index is 180. The summed E-state index contributed by atoms with van der Waals surface area (Å²) >= 11 is 0. The topological polar surface area (TPSA) is 129 Å². The Labute approximate surface area is 69.9 Å². The molecule has 1 heterocycles. The van der Waals surface area contributed by atoms with Crippen LogP contribution in [0.15, 0.2) is 0 Å². The molecule has 0 aliphatic carbocycles. The quantitative estimate of drug-likeness (QED) is 0.416. The predicted octanol–water partition coefficient (Wildman–Crippen LogP) is -5.05. The second-order valence-electron chi connectivity index (χ2n) is 2.36. The van der Waals surface area contributed by atoms with Crippen molar-refractivity contribution in [2.24, 2.45) is 0 Å². The van der Waals surface area contributed by atoms with Gasteiger partial charge in [-0.3, -0.25) is 10.3 Å². The average Bonchev–Trinajstić information content (AvgIpc) is 1.88. The molecule has 6 N–H and O–H groups in total. The number of nitrogens with one attached hydrogen (secondary N) is 2. The normalized spacial score (nSPS) is 20.8. The highest BCUT2D eigenvalue weighted by molar-refractivity contribution is 5.81. The second kappa shape index (κ2) is 5.50. The first-order valence-electron chi connectivity index (χ1n) is 3.25. The molecule has 0 spiro atoms. The van der Waals surface area contributed by atoms with Crippen molar-refractivity contribution >= 4 is 11.8 Å². The second-order valence-corrected chi connectivity index (χ2v) is 2.36. The maximum absolute atomic E-state index is 10.3. The molecule has 1 aliphatic heterocycles. The van der Waals surface area contributed by atoms with E-state index in [4.69, 9.17) is 0 Å². The molecular formula is C6H14N2O4. The SMILES string of the molecule is CC1=[NH+]CC[C@@H](C(=O)[O-])N1.O.O. The summed E-state index contributed by atoms with van der Waals surface area (Å²) in [5, 5.41) is 13.0. The van der Waals surface area contributed by atoms with Gasteiger partial charge >= 0.3 is 0 Å². The third-order valence-corrected chi connectivity index (χ3v) is 1.50. The molecule has 0 unspecified atom stereocenters. The Balaban J connectivity index is 0. The fourth-order valence-electron chi connectivity index (χ4n) is 0.965. The first kappa shape index (κ1) is 13.4. The molecule has 0 aromatic carbocycles. The molecule has 1 aliphatic rings. The van der Waals surface area contributed by atoms with Crippen LogP contribution in [0, 0.1) is 0 Å². The molecule has 0 aromatic heterocycles.